The summed E-state index contributed by atoms with van der Waals surface area (Å²) in [5, 5.41) is 0. The molecule has 0 radical (unpaired) electrons. The van der Waals surface area contributed by atoms with E-state index in [1.165, 1.54) is 18.5 Å². The third-order valence-corrected chi connectivity index (χ3v) is 4.13. The van der Waals surface area contributed by atoms with E-state index in [0.717, 1.165) is 24.6 Å². The van der Waals surface area contributed by atoms with Crippen molar-refractivity contribution >= 4 is 11.7 Å². The molecule has 1 atom stereocenters. The van der Waals surface area contributed by atoms with Gasteiger partial charge in [0.05, 0.1) is 6.61 Å². The molecule has 1 aromatic rings. The number of nitrogens with zero attached hydrogens (tertiary/aromatic N) is 1. The number of hydrogen-bond acceptors (Lipinski definition) is 4. The van der Waals surface area contributed by atoms with Gasteiger partial charge >= 0.3 is 5.97 Å². The van der Waals surface area contributed by atoms with E-state index in [0.29, 0.717) is 13.0 Å². The van der Waals surface area contributed by atoms with E-state index in [1.807, 2.05) is 0 Å². The second-order valence-corrected chi connectivity index (χ2v) is 5.90. The van der Waals surface area contributed by atoms with Crippen LogP contribution >= 0.6 is 0 Å². The Morgan fingerprint density at radius 2 is 1.95 bits per heavy atom. The van der Waals surface area contributed by atoms with E-state index >= 15 is 0 Å². The van der Waals surface area contributed by atoms with Crippen LogP contribution in [0.2, 0.25) is 0 Å². The van der Waals surface area contributed by atoms with Gasteiger partial charge in [-0.05, 0) is 49.8 Å². The lowest BCUT2D eigenvalue weighted by Crippen LogP contribution is -2.34. The van der Waals surface area contributed by atoms with Crippen LogP contribution in [0.15, 0.2) is 24.3 Å². The van der Waals surface area contributed by atoms with E-state index in [2.05, 4.69) is 36.1 Å². The zero-order valence-corrected chi connectivity index (χ0v) is 13.0. The summed E-state index contributed by atoms with van der Waals surface area (Å²) in [6, 6.07) is 7.80. The van der Waals surface area contributed by atoms with E-state index in [1.54, 1.807) is 6.92 Å². The highest BCUT2D eigenvalue weighted by Crippen LogP contribution is 2.23. The molecule has 1 unspecified atom stereocenters. The third-order valence-electron chi connectivity index (χ3n) is 4.13. The van der Waals surface area contributed by atoms with Gasteiger partial charge in [0, 0.05) is 18.8 Å². The molecule has 4 nitrogen and oxygen atoms in total. The van der Waals surface area contributed by atoms with Gasteiger partial charge in [-0.2, -0.15) is 0 Å². The zero-order chi connectivity index (χ0) is 15.2. The lowest BCUT2D eigenvalue weighted by atomic mass is 9.98. The van der Waals surface area contributed by atoms with Gasteiger partial charge in [-0.3, -0.25) is 4.79 Å². The molecule has 2 rings (SSSR count). The standard InChI is InChI=1S/C17H26N2O2/c1-3-21-17(20)16(18)12-14-4-6-15(7-5-14)19-10-8-13(2)9-11-19/h4-7,13,16H,3,8-12,18H2,1-2H3. The van der Waals surface area contributed by atoms with Gasteiger partial charge in [-0.1, -0.05) is 19.1 Å². The van der Waals surface area contributed by atoms with Crippen LogP contribution in [0.1, 0.15) is 32.3 Å². The number of carbonyl (C=O) groups is 1. The Kier molecular flexibility index (Phi) is 5.62. The smallest absolute Gasteiger partial charge is 0.323 e. The number of anilines is 1. The third kappa shape index (κ3) is 4.46. The van der Waals surface area contributed by atoms with Gasteiger partial charge in [0.1, 0.15) is 6.04 Å². The van der Waals surface area contributed by atoms with Crippen molar-refractivity contribution in [2.45, 2.75) is 39.2 Å². The molecule has 4 heteroatoms. The predicted molar refractivity (Wildman–Crippen MR) is 85.4 cm³/mol. The van der Waals surface area contributed by atoms with Gasteiger partial charge in [0.25, 0.3) is 0 Å². The number of carbonyl (C=O) groups excluding carboxylic acids is 1. The van der Waals surface area contributed by atoms with Crippen molar-refractivity contribution in [1.82, 2.24) is 0 Å². The molecular formula is C17H26N2O2. The first-order valence-corrected chi connectivity index (χ1v) is 7.86. The van der Waals surface area contributed by atoms with Crippen LogP contribution in [0.25, 0.3) is 0 Å². The number of nitrogens with two attached hydrogens (primary N) is 1. The van der Waals surface area contributed by atoms with E-state index < -0.39 is 6.04 Å². The fourth-order valence-corrected chi connectivity index (χ4v) is 2.70. The van der Waals surface area contributed by atoms with Crippen LogP contribution < -0.4 is 10.6 Å². The molecule has 1 aliphatic rings. The van der Waals surface area contributed by atoms with Crippen LogP contribution in [-0.4, -0.2) is 31.7 Å². The van der Waals surface area contributed by atoms with Gasteiger partial charge in [-0.15, -0.1) is 0 Å². The average molecular weight is 290 g/mol. The van der Waals surface area contributed by atoms with E-state index in [-0.39, 0.29) is 5.97 Å². The molecule has 1 saturated heterocycles. The fraction of sp³-hybridized carbons (Fsp3) is 0.588. The number of esters is 1. The lowest BCUT2D eigenvalue weighted by Gasteiger charge is -2.32. The first kappa shape index (κ1) is 15.8. The van der Waals surface area contributed by atoms with Crippen molar-refractivity contribution in [3.8, 4) is 0 Å². The summed E-state index contributed by atoms with van der Waals surface area (Å²) in [6.07, 6.45) is 3.04. The van der Waals surface area contributed by atoms with Crippen molar-refractivity contribution < 1.29 is 9.53 Å². The molecule has 0 aromatic heterocycles. The number of piperidine rings is 1. The molecule has 2 N–H and O–H groups in total. The maximum absolute atomic E-state index is 11.5. The van der Waals surface area contributed by atoms with Crippen molar-refractivity contribution in [3.05, 3.63) is 29.8 Å². The summed E-state index contributed by atoms with van der Waals surface area (Å²) in [7, 11) is 0. The number of hydrogen-bond donors (Lipinski definition) is 1. The predicted octanol–water partition coefficient (Wildman–Crippen LogP) is 2.36. The molecule has 0 aliphatic carbocycles. The van der Waals surface area contributed by atoms with Crippen LogP contribution in [0, 0.1) is 5.92 Å². The van der Waals surface area contributed by atoms with Gasteiger partial charge in [0.15, 0.2) is 0 Å². The fourth-order valence-electron chi connectivity index (χ4n) is 2.70. The summed E-state index contributed by atoms with van der Waals surface area (Å²) >= 11 is 0. The molecule has 0 spiro atoms. The highest BCUT2D eigenvalue weighted by Gasteiger charge is 2.17. The summed E-state index contributed by atoms with van der Waals surface area (Å²) in [5.41, 5.74) is 8.18. The Morgan fingerprint density at radius 3 is 2.52 bits per heavy atom. The summed E-state index contributed by atoms with van der Waals surface area (Å²) in [6.45, 7) is 6.74. The molecule has 0 amide bonds. The first-order valence-electron chi connectivity index (χ1n) is 7.86. The minimum absolute atomic E-state index is 0.327. The van der Waals surface area contributed by atoms with Gasteiger partial charge in [0.2, 0.25) is 0 Å². The molecule has 1 heterocycles. The van der Waals surface area contributed by atoms with Crippen molar-refractivity contribution in [3.63, 3.8) is 0 Å². The lowest BCUT2D eigenvalue weighted by molar-refractivity contribution is -0.144. The largest absolute Gasteiger partial charge is 0.465 e. The van der Waals surface area contributed by atoms with Crippen molar-refractivity contribution in [1.29, 1.82) is 0 Å². The van der Waals surface area contributed by atoms with Crippen molar-refractivity contribution in [2.24, 2.45) is 11.7 Å². The number of ether oxygens (including phenoxy) is 1. The molecule has 21 heavy (non-hydrogen) atoms. The quantitative estimate of drug-likeness (QED) is 0.846. The first-order chi connectivity index (χ1) is 10.1. The second-order valence-electron chi connectivity index (χ2n) is 5.90. The highest BCUT2D eigenvalue weighted by atomic mass is 16.5. The maximum atomic E-state index is 11.5. The highest BCUT2D eigenvalue weighted by molar-refractivity contribution is 5.75. The van der Waals surface area contributed by atoms with Crippen LogP contribution in [0.3, 0.4) is 0 Å². The number of rotatable bonds is 5. The molecule has 1 aromatic carbocycles. The molecule has 1 aliphatic heterocycles. The SMILES string of the molecule is CCOC(=O)C(N)Cc1ccc(N2CCC(C)CC2)cc1. The Morgan fingerprint density at radius 1 is 1.33 bits per heavy atom. The van der Waals surface area contributed by atoms with E-state index in [9.17, 15) is 4.79 Å². The molecule has 1 fully saturated rings. The van der Waals surface area contributed by atoms with Crippen molar-refractivity contribution in [2.75, 3.05) is 24.6 Å². The monoisotopic (exact) mass is 290 g/mol. The zero-order valence-electron chi connectivity index (χ0n) is 13.0. The summed E-state index contributed by atoms with van der Waals surface area (Å²) in [5.74, 6) is 0.509. The minimum Gasteiger partial charge on any atom is -0.465 e. The molecule has 0 bridgehead atoms. The summed E-state index contributed by atoms with van der Waals surface area (Å²) < 4.78 is 4.93. The Labute approximate surface area is 127 Å². The molecule has 0 saturated carbocycles. The maximum Gasteiger partial charge on any atom is 0.323 e. The van der Waals surface area contributed by atoms with Crippen LogP contribution in [0.5, 0.6) is 0 Å². The van der Waals surface area contributed by atoms with Gasteiger partial charge < -0.3 is 15.4 Å². The Bertz CT molecular complexity index is 450. The van der Waals surface area contributed by atoms with Crippen LogP contribution in [-0.2, 0) is 16.0 Å². The topological polar surface area (TPSA) is 55.6 Å². The van der Waals surface area contributed by atoms with E-state index in [4.69, 9.17) is 10.5 Å². The Balaban J connectivity index is 1.91. The minimum atomic E-state index is -0.577. The second kappa shape index (κ2) is 7.46. The molecular weight excluding hydrogens is 264 g/mol. The summed E-state index contributed by atoms with van der Waals surface area (Å²) in [4.78, 5) is 14.0. The Hall–Kier alpha value is -1.55. The normalized spacial score (nSPS) is 17.6. The average Bonchev–Trinajstić information content (AvgIpc) is 2.49. The molecule has 116 valence electrons. The van der Waals surface area contributed by atoms with Gasteiger partial charge in [-0.25, -0.2) is 0 Å². The van der Waals surface area contributed by atoms with Crippen LogP contribution in [0.4, 0.5) is 5.69 Å². The number of benzene rings is 1.